The minimum absolute atomic E-state index is 0.0701. The standard InChI is InChI=1S/C24H17FO4/c25-18-12-10-16(11-13-18)15-29-21(26)14-24(17-6-2-1-3-7-17)22(27)19-8-4-5-9-20(19)23(24)28/h1-13H,14-15H2. The molecule has 4 nitrogen and oxygen atoms in total. The molecule has 0 amide bonds. The molecule has 144 valence electrons. The molecule has 0 radical (unpaired) electrons. The molecule has 3 aromatic carbocycles. The second-order valence-electron chi connectivity index (χ2n) is 6.94. The first-order valence-electron chi connectivity index (χ1n) is 9.16. The first-order valence-corrected chi connectivity index (χ1v) is 9.16. The molecule has 5 heteroatoms. The number of hydrogen-bond donors (Lipinski definition) is 0. The molecule has 0 fully saturated rings. The molecule has 0 saturated carbocycles. The van der Waals surface area contributed by atoms with E-state index < -0.39 is 29.4 Å². The van der Waals surface area contributed by atoms with Crippen molar-refractivity contribution >= 4 is 17.5 Å². The Hall–Kier alpha value is -3.60. The smallest absolute Gasteiger partial charge is 0.307 e. The van der Waals surface area contributed by atoms with Crippen molar-refractivity contribution in [2.45, 2.75) is 18.4 Å². The summed E-state index contributed by atoms with van der Waals surface area (Å²) in [5.41, 5.74) is 0.0661. The Morgan fingerprint density at radius 2 is 1.34 bits per heavy atom. The number of hydrogen-bond acceptors (Lipinski definition) is 4. The summed E-state index contributed by atoms with van der Waals surface area (Å²) in [7, 11) is 0. The first kappa shape index (κ1) is 18.7. The Bertz CT molecular complexity index is 1050. The molecule has 0 unspecified atom stereocenters. The van der Waals surface area contributed by atoms with E-state index in [-0.39, 0.29) is 12.4 Å². The Labute approximate surface area is 166 Å². The van der Waals surface area contributed by atoms with Crippen LogP contribution in [0.15, 0.2) is 78.9 Å². The van der Waals surface area contributed by atoms with Crippen molar-refractivity contribution < 1.29 is 23.5 Å². The van der Waals surface area contributed by atoms with Crippen LogP contribution in [0.3, 0.4) is 0 Å². The van der Waals surface area contributed by atoms with E-state index >= 15 is 0 Å². The van der Waals surface area contributed by atoms with Gasteiger partial charge in [-0.15, -0.1) is 0 Å². The molecule has 3 aromatic rings. The number of carbonyl (C=O) groups excluding carboxylic acids is 3. The average Bonchev–Trinajstić information content (AvgIpc) is 2.97. The van der Waals surface area contributed by atoms with Crippen molar-refractivity contribution in [2.24, 2.45) is 0 Å². The van der Waals surface area contributed by atoms with Crippen molar-refractivity contribution in [2.75, 3.05) is 0 Å². The zero-order valence-corrected chi connectivity index (χ0v) is 15.4. The Morgan fingerprint density at radius 3 is 1.93 bits per heavy atom. The van der Waals surface area contributed by atoms with E-state index in [0.717, 1.165) is 0 Å². The number of rotatable bonds is 5. The monoisotopic (exact) mass is 388 g/mol. The fourth-order valence-corrected chi connectivity index (χ4v) is 3.70. The van der Waals surface area contributed by atoms with Crippen LogP contribution in [-0.4, -0.2) is 17.5 Å². The van der Waals surface area contributed by atoms with E-state index in [1.807, 2.05) is 0 Å². The highest BCUT2D eigenvalue weighted by Gasteiger charge is 2.55. The fourth-order valence-electron chi connectivity index (χ4n) is 3.70. The maximum atomic E-state index is 13.3. The predicted molar refractivity (Wildman–Crippen MR) is 104 cm³/mol. The SMILES string of the molecule is O=C(CC1(c2ccccc2)C(=O)c2ccccc2C1=O)OCc1ccc(F)cc1. The van der Waals surface area contributed by atoms with E-state index in [1.54, 1.807) is 54.6 Å². The third kappa shape index (κ3) is 3.25. The third-order valence-electron chi connectivity index (χ3n) is 5.18. The van der Waals surface area contributed by atoms with Crippen molar-refractivity contribution in [3.8, 4) is 0 Å². The van der Waals surface area contributed by atoms with Gasteiger partial charge in [0, 0.05) is 11.1 Å². The Balaban J connectivity index is 1.64. The minimum atomic E-state index is -1.63. The van der Waals surface area contributed by atoms with Crippen molar-refractivity contribution in [1.82, 2.24) is 0 Å². The molecule has 0 bridgehead atoms. The maximum Gasteiger partial charge on any atom is 0.307 e. The van der Waals surface area contributed by atoms with Crippen LogP contribution in [0, 0.1) is 5.82 Å². The number of carbonyl (C=O) groups is 3. The zero-order chi connectivity index (χ0) is 20.4. The second-order valence-corrected chi connectivity index (χ2v) is 6.94. The highest BCUT2D eigenvalue weighted by molar-refractivity contribution is 6.34. The van der Waals surface area contributed by atoms with Gasteiger partial charge in [0.2, 0.25) is 0 Å². The Morgan fingerprint density at radius 1 is 0.793 bits per heavy atom. The summed E-state index contributed by atoms with van der Waals surface area (Å²) in [5.74, 6) is -1.86. The summed E-state index contributed by atoms with van der Waals surface area (Å²) in [6.07, 6.45) is -0.398. The second kappa shape index (κ2) is 7.43. The van der Waals surface area contributed by atoms with Crippen LogP contribution < -0.4 is 0 Å². The van der Waals surface area contributed by atoms with E-state index in [4.69, 9.17) is 4.74 Å². The van der Waals surface area contributed by atoms with E-state index in [9.17, 15) is 18.8 Å². The molecule has 29 heavy (non-hydrogen) atoms. The molecule has 1 aliphatic carbocycles. The fraction of sp³-hybridized carbons (Fsp3) is 0.125. The molecule has 0 saturated heterocycles. The van der Waals surface area contributed by atoms with Gasteiger partial charge < -0.3 is 4.74 Å². The number of ether oxygens (including phenoxy) is 1. The van der Waals surface area contributed by atoms with Gasteiger partial charge in [0.1, 0.15) is 17.8 Å². The molecular formula is C24H17FO4. The largest absolute Gasteiger partial charge is 0.461 e. The van der Waals surface area contributed by atoms with Crippen LogP contribution in [-0.2, 0) is 21.6 Å². The topological polar surface area (TPSA) is 60.4 Å². The zero-order valence-electron chi connectivity index (χ0n) is 15.4. The summed E-state index contributed by atoms with van der Waals surface area (Å²) in [4.78, 5) is 39.3. The molecule has 0 N–H and O–H groups in total. The van der Waals surface area contributed by atoms with Crippen LogP contribution in [0.2, 0.25) is 0 Å². The summed E-state index contributed by atoms with van der Waals surface area (Å²) < 4.78 is 18.3. The Kier molecular flexibility index (Phi) is 4.80. The molecule has 4 rings (SSSR count). The van der Waals surface area contributed by atoms with Crippen LogP contribution in [0.1, 0.15) is 38.3 Å². The van der Waals surface area contributed by atoms with Gasteiger partial charge in [0.25, 0.3) is 0 Å². The van der Waals surface area contributed by atoms with Gasteiger partial charge in [-0.1, -0.05) is 66.7 Å². The van der Waals surface area contributed by atoms with Crippen LogP contribution >= 0.6 is 0 Å². The average molecular weight is 388 g/mol. The van der Waals surface area contributed by atoms with Gasteiger partial charge in [0.15, 0.2) is 11.6 Å². The molecule has 0 aromatic heterocycles. The quantitative estimate of drug-likeness (QED) is 0.484. The lowest BCUT2D eigenvalue weighted by Gasteiger charge is -2.25. The lowest BCUT2D eigenvalue weighted by molar-refractivity contribution is -0.145. The van der Waals surface area contributed by atoms with Crippen LogP contribution in [0.25, 0.3) is 0 Å². The highest BCUT2D eigenvalue weighted by atomic mass is 19.1. The van der Waals surface area contributed by atoms with Crippen molar-refractivity contribution in [3.63, 3.8) is 0 Å². The number of esters is 1. The number of benzene rings is 3. The molecule has 0 spiro atoms. The van der Waals surface area contributed by atoms with E-state index in [2.05, 4.69) is 0 Å². The predicted octanol–water partition coefficient (Wildman–Crippen LogP) is 4.28. The van der Waals surface area contributed by atoms with Crippen LogP contribution in [0.5, 0.6) is 0 Å². The molecule has 1 aliphatic rings. The minimum Gasteiger partial charge on any atom is -0.461 e. The number of Topliss-reactive ketones (excluding diaryl/α,β-unsaturated/α-hetero) is 2. The summed E-state index contributed by atoms with van der Waals surface area (Å²) in [5, 5.41) is 0. The highest BCUT2D eigenvalue weighted by Crippen LogP contribution is 2.42. The van der Waals surface area contributed by atoms with Gasteiger partial charge in [-0.2, -0.15) is 0 Å². The number of ketones is 2. The third-order valence-corrected chi connectivity index (χ3v) is 5.18. The summed E-state index contributed by atoms with van der Waals surface area (Å²) in [6.45, 7) is -0.0701. The lowest BCUT2D eigenvalue weighted by atomic mass is 9.73. The molecular weight excluding hydrogens is 371 g/mol. The van der Waals surface area contributed by atoms with E-state index in [1.165, 1.54) is 24.3 Å². The van der Waals surface area contributed by atoms with Gasteiger partial charge in [-0.05, 0) is 23.3 Å². The molecule has 0 heterocycles. The van der Waals surface area contributed by atoms with Crippen LogP contribution in [0.4, 0.5) is 4.39 Å². The van der Waals surface area contributed by atoms with Crippen molar-refractivity contribution in [1.29, 1.82) is 0 Å². The van der Waals surface area contributed by atoms with Crippen molar-refractivity contribution in [3.05, 3.63) is 107 Å². The number of fused-ring (bicyclic) bond motifs is 1. The van der Waals surface area contributed by atoms with Gasteiger partial charge in [-0.25, -0.2) is 4.39 Å². The van der Waals surface area contributed by atoms with Gasteiger partial charge in [0.05, 0.1) is 6.42 Å². The van der Waals surface area contributed by atoms with Gasteiger partial charge >= 0.3 is 5.97 Å². The lowest BCUT2D eigenvalue weighted by Crippen LogP contribution is -2.41. The van der Waals surface area contributed by atoms with E-state index in [0.29, 0.717) is 22.3 Å². The molecule has 0 aliphatic heterocycles. The summed E-state index contributed by atoms with van der Waals surface area (Å²) in [6, 6.07) is 20.7. The number of halogens is 1. The summed E-state index contributed by atoms with van der Waals surface area (Å²) >= 11 is 0. The first-order chi connectivity index (χ1) is 14.0. The van der Waals surface area contributed by atoms with Gasteiger partial charge in [-0.3, -0.25) is 14.4 Å². The normalized spacial score (nSPS) is 14.5. The molecule has 0 atom stereocenters. The maximum absolute atomic E-state index is 13.3.